The van der Waals surface area contributed by atoms with Crippen LogP contribution in [-0.2, 0) is 11.2 Å². The van der Waals surface area contributed by atoms with Gasteiger partial charge in [0.15, 0.2) is 0 Å². The van der Waals surface area contributed by atoms with Crippen LogP contribution >= 0.6 is 0 Å². The largest absolute Gasteiger partial charge is 0.356 e. The first-order valence-corrected chi connectivity index (χ1v) is 7.60. The summed E-state index contributed by atoms with van der Waals surface area (Å²) in [6, 6.07) is 10.2. The van der Waals surface area contributed by atoms with E-state index in [1.807, 2.05) is 18.3 Å². The van der Waals surface area contributed by atoms with E-state index in [1.165, 1.54) is 5.56 Å². The Morgan fingerprint density at radius 2 is 2.14 bits per heavy atom. The minimum Gasteiger partial charge on any atom is -0.356 e. The smallest absolute Gasteiger partial charge is 0.223 e. The second-order valence-corrected chi connectivity index (χ2v) is 5.51. The van der Waals surface area contributed by atoms with Crippen LogP contribution in [0.5, 0.6) is 0 Å². The second-order valence-electron chi connectivity index (χ2n) is 5.51. The summed E-state index contributed by atoms with van der Waals surface area (Å²) in [6.07, 6.45) is 9.78. The fourth-order valence-electron chi connectivity index (χ4n) is 2.87. The average Bonchev–Trinajstić information content (AvgIpc) is 2.56. The summed E-state index contributed by atoms with van der Waals surface area (Å²) in [5.41, 5.74) is 2.23. The van der Waals surface area contributed by atoms with Crippen molar-refractivity contribution in [2.24, 2.45) is 5.92 Å². The molecule has 1 N–H and O–H groups in total. The number of rotatable bonds is 4. The van der Waals surface area contributed by atoms with E-state index in [0.29, 0.717) is 6.54 Å². The number of allylic oxidation sites excluding steroid dienone is 2. The predicted molar refractivity (Wildman–Crippen MR) is 84.9 cm³/mol. The average molecular weight is 280 g/mol. The first-order chi connectivity index (χ1) is 10.3. The van der Waals surface area contributed by atoms with Crippen LogP contribution in [0, 0.1) is 5.92 Å². The van der Waals surface area contributed by atoms with Crippen LogP contribution in [0.15, 0.2) is 48.7 Å². The summed E-state index contributed by atoms with van der Waals surface area (Å²) in [5, 5.41) is 4.22. The lowest BCUT2D eigenvalue weighted by molar-refractivity contribution is -0.125. The third-order valence-corrected chi connectivity index (χ3v) is 4.05. The number of fused-ring (bicyclic) bond motifs is 1. The molecule has 1 aromatic carbocycles. The standard InChI is InChI=1S/C18H20N2O/c21-18(16-6-2-1-3-7-16)20-13-11-15-9-4-8-14-10-5-12-19-17(14)15/h1-2,4-5,8-10,12,16H,3,6-7,11,13H2,(H,20,21)/t16-/m0/s1. The van der Waals surface area contributed by atoms with Gasteiger partial charge in [-0.25, -0.2) is 0 Å². The molecule has 108 valence electrons. The monoisotopic (exact) mass is 280 g/mol. The maximum atomic E-state index is 12.1. The molecule has 1 amide bonds. The normalized spacial score (nSPS) is 17.8. The zero-order valence-corrected chi connectivity index (χ0v) is 12.1. The van der Waals surface area contributed by atoms with Crippen molar-refractivity contribution in [2.75, 3.05) is 6.54 Å². The lowest BCUT2D eigenvalue weighted by Gasteiger charge is -2.17. The molecule has 0 spiro atoms. The number of aromatic nitrogens is 1. The van der Waals surface area contributed by atoms with Gasteiger partial charge in [-0.1, -0.05) is 36.4 Å². The van der Waals surface area contributed by atoms with Gasteiger partial charge >= 0.3 is 0 Å². The van der Waals surface area contributed by atoms with Crippen LogP contribution in [0.25, 0.3) is 10.9 Å². The first kappa shape index (κ1) is 13.8. The van der Waals surface area contributed by atoms with Gasteiger partial charge in [-0.15, -0.1) is 0 Å². The number of para-hydroxylation sites is 1. The topological polar surface area (TPSA) is 42.0 Å². The number of carbonyl (C=O) groups excluding carboxylic acids is 1. The highest BCUT2D eigenvalue weighted by atomic mass is 16.1. The van der Waals surface area contributed by atoms with E-state index in [9.17, 15) is 4.79 Å². The Labute approximate surface area is 125 Å². The summed E-state index contributed by atoms with van der Waals surface area (Å²) in [5.74, 6) is 0.341. The van der Waals surface area contributed by atoms with Gasteiger partial charge in [-0.2, -0.15) is 0 Å². The highest BCUT2D eigenvalue weighted by Crippen LogP contribution is 2.18. The number of amides is 1. The van der Waals surface area contributed by atoms with E-state index in [-0.39, 0.29) is 11.8 Å². The SMILES string of the molecule is O=C(NCCc1cccc2cccnc12)[C@H]1CC=CCC1. The van der Waals surface area contributed by atoms with Crippen LogP contribution in [-0.4, -0.2) is 17.4 Å². The number of nitrogens with zero attached hydrogens (tertiary/aromatic N) is 1. The van der Waals surface area contributed by atoms with Gasteiger partial charge in [0.2, 0.25) is 5.91 Å². The summed E-state index contributed by atoms with van der Waals surface area (Å²) in [4.78, 5) is 16.5. The van der Waals surface area contributed by atoms with Crippen LogP contribution in [0.1, 0.15) is 24.8 Å². The molecule has 1 aliphatic rings. The Morgan fingerprint density at radius 1 is 1.24 bits per heavy atom. The second kappa shape index (κ2) is 6.53. The number of carbonyl (C=O) groups is 1. The van der Waals surface area contributed by atoms with Crippen LogP contribution in [0.2, 0.25) is 0 Å². The van der Waals surface area contributed by atoms with Gasteiger partial charge < -0.3 is 5.32 Å². The lowest BCUT2D eigenvalue weighted by Crippen LogP contribution is -2.32. The summed E-state index contributed by atoms with van der Waals surface area (Å²) in [6.45, 7) is 0.675. The third kappa shape index (κ3) is 3.30. The molecule has 0 fully saturated rings. The minimum absolute atomic E-state index is 0.153. The van der Waals surface area contributed by atoms with Crippen molar-refractivity contribution in [3.63, 3.8) is 0 Å². The van der Waals surface area contributed by atoms with Gasteiger partial charge in [0.05, 0.1) is 5.52 Å². The summed E-state index contributed by atoms with van der Waals surface area (Å²) < 4.78 is 0. The van der Waals surface area contributed by atoms with Gasteiger partial charge in [-0.3, -0.25) is 9.78 Å². The van der Waals surface area contributed by atoms with Crippen molar-refractivity contribution in [1.29, 1.82) is 0 Å². The molecule has 1 atom stereocenters. The highest BCUT2D eigenvalue weighted by molar-refractivity contribution is 5.82. The van der Waals surface area contributed by atoms with E-state index in [1.54, 1.807) is 0 Å². The van der Waals surface area contributed by atoms with E-state index >= 15 is 0 Å². The maximum Gasteiger partial charge on any atom is 0.223 e. The molecule has 0 aliphatic heterocycles. The molecule has 1 aliphatic carbocycles. The van der Waals surface area contributed by atoms with Crippen molar-refractivity contribution in [3.8, 4) is 0 Å². The zero-order valence-electron chi connectivity index (χ0n) is 12.1. The van der Waals surface area contributed by atoms with Gasteiger partial charge in [0.25, 0.3) is 0 Å². The van der Waals surface area contributed by atoms with Crippen LogP contribution < -0.4 is 5.32 Å². The highest BCUT2D eigenvalue weighted by Gasteiger charge is 2.17. The maximum absolute atomic E-state index is 12.1. The van der Waals surface area contributed by atoms with Crippen molar-refractivity contribution in [2.45, 2.75) is 25.7 Å². The Hall–Kier alpha value is -2.16. The van der Waals surface area contributed by atoms with Gasteiger partial charge in [0, 0.05) is 24.0 Å². The fourth-order valence-corrected chi connectivity index (χ4v) is 2.87. The summed E-state index contributed by atoms with van der Waals surface area (Å²) >= 11 is 0. The third-order valence-electron chi connectivity index (χ3n) is 4.05. The minimum atomic E-state index is 0.153. The molecule has 1 heterocycles. The molecule has 3 nitrogen and oxygen atoms in total. The molecule has 0 saturated carbocycles. The molecule has 3 heteroatoms. The Kier molecular flexibility index (Phi) is 4.29. The molecular weight excluding hydrogens is 260 g/mol. The van der Waals surface area contributed by atoms with Crippen LogP contribution in [0.4, 0.5) is 0 Å². The van der Waals surface area contributed by atoms with E-state index in [0.717, 1.165) is 36.6 Å². The Balaban J connectivity index is 1.59. The molecular formula is C18H20N2O. The van der Waals surface area contributed by atoms with Crippen molar-refractivity contribution in [3.05, 3.63) is 54.2 Å². The number of hydrogen-bond acceptors (Lipinski definition) is 2. The Bertz CT molecular complexity index is 658. The first-order valence-electron chi connectivity index (χ1n) is 7.60. The molecule has 2 aromatic rings. The van der Waals surface area contributed by atoms with Crippen molar-refractivity contribution in [1.82, 2.24) is 10.3 Å². The van der Waals surface area contributed by atoms with Crippen molar-refractivity contribution < 1.29 is 4.79 Å². The predicted octanol–water partition coefficient (Wildman–Crippen LogP) is 3.25. The number of nitrogens with one attached hydrogen (secondary N) is 1. The quantitative estimate of drug-likeness (QED) is 0.874. The van der Waals surface area contributed by atoms with Gasteiger partial charge in [0.1, 0.15) is 0 Å². The molecule has 1 aromatic heterocycles. The molecule has 3 rings (SSSR count). The van der Waals surface area contributed by atoms with E-state index < -0.39 is 0 Å². The fraction of sp³-hybridized carbons (Fsp3) is 0.333. The van der Waals surface area contributed by atoms with Crippen LogP contribution in [0.3, 0.4) is 0 Å². The zero-order chi connectivity index (χ0) is 14.5. The lowest BCUT2D eigenvalue weighted by atomic mass is 9.93. The van der Waals surface area contributed by atoms with E-state index in [4.69, 9.17) is 0 Å². The number of pyridine rings is 1. The van der Waals surface area contributed by atoms with Crippen molar-refractivity contribution >= 4 is 16.8 Å². The van der Waals surface area contributed by atoms with Gasteiger partial charge in [-0.05, 0) is 37.3 Å². The molecule has 0 bridgehead atoms. The van der Waals surface area contributed by atoms with E-state index in [2.05, 4.69) is 40.7 Å². The molecule has 0 saturated heterocycles. The Morgan fingerprint density at radius 3 is 3.00 bits per heavy atom. The number of hydrogen-bond donors (Lipinski definition) is 1. The summed E-state index contributed by atoms with van der Waals surface area (Å²) in [7, 11) is 0. The number of benzene rings is 1. The molecule has 0 radical (unpaired) electrons. The molecule has 21 heavy (non-hydrogen) atoms. The molecule has 0 unspecified atom stereocenters.